The highest BCUT2D eigenvalue weighted by Gasteiger charge is 2.34. The molecule has 3 heteroatoms. The molecule has 3 unspecified atom stereocenters. The number of hydrogen-bond donors (Lipinski definition) is 0. The molecule has 284 valence electrons. The van der Waals surface area contributed by atoms with Crippen molar-refractivity contribution in [1.82, 2.24) is 0 Å². The van der Waals surface area contributed by atoms with Gasteiger partial charge in [0.2, 0.25) is 0 Å². The van der Waals surface area contributed by atoms with E-state index in [2.05, 4.69) is 98.8 Å². The van der Waals surface area contributed by atoms with Crippen molar-refractivity contribution >= 4 is 5.97 Å². The lowest BCUT2D eigenvalue weighted by molar-refractivity contribution is -0.134. The first-order valence-electron chi connectivity index (χ1n) is 21.0. The number of esters is 1. The summed E-state index contributed by atoms with van der Waals surface area (Å²) >= 11 is 0. The van der Waals surface area contributed by atoms with Crippen LogP contribution in [0.1, 0.15) is 192 Å². The number of allylic oxidation sites excluding steroid dienone is 6. The van der Waals surface area contributed by atoms with Gasteiger partial charge in [0.1, 0.15) is 17.1 Å². The van der Waals surface area contributed by atoms with Gasteiger partial charge in [0.15, 0.2) is 0 Å². The molecule has 1 heterocycles. The van der Waals surface area contributed by atoms with E-state index in [1.54, 1.807) is 0 Å². The molecule has 0 N–H and O–H groups in total. The Morgan fingerprint density at radius 3 is 2.04 bits per heavy atom. The molecule has 0 aromatic heterocycles. The smallest absolute Gasteiger partial charge is 0.311 e. The van der Waals surface area contributed by atoms with Crippen molar-refractivity contribution in [2.24, 2.45) is 17.8 Å². The third-order valence-electron chi connectivity index (χ3n) is 11.1. The van der Waals surface area contributed by atoms with E-state index in [0.717, 1.165) is 97.3 Å². The van der Waals surface area contributed by atoms with Crippen LogP contribution in [0.3, 0.4) is 0 Å². The van der Waals surface area contributed by atoms with Crippen LogP contribution in [0.2, 0.25) is 0 Å². The molecule has 3 nitrogen and oxygen atoms in total. The summed E-state index contributed by atoms with van der Waals surface area (Å²) in [5.74, 6) is 4.19. The molecule has 0 spiro atoms. The van der Waals surface area contributed by atoms with Crippen LogP contribution in [0, 0.1) is 38.5 Å². The van der Waals surface area contributed by atoms with Crippen molar-refractivity contribution in [3.05, 3.63) is 58.7 Å². The number of benzene rings is 1. The molecule has 1 aliphatic rings. The van der Waals surface area contributed by atoms with Crippen LogP contribution < -0.4 is 9.47 Å². The molecular formula is C47H78O3. The van der Waals surface area contributed by atoms with Gasteiger partial charge in [-0.1, -0.05) is 142 Å². The van der Waals surface area contributed by atoms with Crippen molar-refractivity contribution in [3.63, 3.8) is 0 Å². The molecule has 0 fully saturated rings. The largest absolute Gasteiger partial charge is 0.487 e. The monoisotopic (exact) mass is 691 g/mol. The summed E-state index contributed by atoms with van der Waals surface area (Å²) in [4.78, 5) is 12.9. The van der Waals surface area contributed by atoms with Crippen LogP contribution in [-0.2, 0) is 11.2 Å². The molecule has 1 aliphatic heterocycles. The van der Waals surface area contributed by atoms with Crippen LogP contribution in [-0.4, -0.2) is 11.6 Å². The third-order valence-corrected chi connectivity index (χ3v) is 11.1. The summed E-state index contributed by atoms with van der Waals surface area (Å²) in [7, 11) is 0. The van der Waals surface area contributed by atoms with E-state index >= 15 is 0 Å². The average molecular weight is 691 g/mol. The number of carbonyl (C=O) groups is 1. The fraction of sp³-hybridized carbons (Fsp3) is 0.723. The van der Waals surface area contributed by atoms with Crippen molar-refractivity contribution in [3.8, 4) is 11.5 Å². The number of rotatable bonds is 26. The quantitative estimate of drug-likeness (QED) is 0.0319. The molecule has 0 aliphatic carbocycles. The number of carbonyl (C=O) groups excluding carboxylic acids is 1. The number of fused-ring (bicyclic) bond motifs is 1. The lowest BCUT2D eigenvalue weighted by atomic mass is 9.83. The number of ether oxygens (including phenoxy) is 2. The van der Waals surface area contributed by atoms with E-state index < -0.39 is 0 Å². The Bertz CT molecular complexity index is 1190. The normalized spacial score (nSPS) is 17.6. The van der Waals surface area contributed by atoms with Gasteiger partial charge in [0, 0.05) is 12.0 Å². The summed E-state index contributed by atoms with van der Waals surface area (Å²) in [6.07, 6.45) is 37.7. The molecule has 1 aromatic carbocycles. The Hall–Kier alpha value is -2.29. The van der Waals surface area contributed by atoms with Gasteiger partial charge >= 0.3 is 5.97 Å². The predicted octanol–water partition coefficient (Wildman–Crippen LogP) is 14.6. The molecule has 0 radical (unpaired) electrons. The Labute approximate surface area is 310 Å². The van der Waals surface area contributed by atoms with E-state index in [-0.39, 0.29) is 11.6 Å². The topological polar surface area (TPSA) is 35.5 Å². The summed E-state index contributed by atoms with van der Waals surface area (Å²) in [5, 5.41) is 0. The van der Waals surface area contributed by atoms with Gasteiger partial charge in [-0.05, 0) is 120 Å². The number of unbranched alkanes of at least 4 members (excludes halogenated alkanes) is 6. The second kappa shape index (κ2) is 24.8. The first-order chi connectivity index (χ1) is 24.0. The van der Waals surface area contributed by atoms with Gasteiger partial charge in [-0.2, -0.15) is 0 Å². The summed E-state index contributed by atoms with van der Waals surface area (Å²) < 4.78 is 12.9. The van der Waals surface area contributed by atoms with Crippen LogP contribution in [0.4, 0.5) is 0 Å². The maximum atomic E-state index is 12.9. The molecule has 0 saturated carbocycles. The molecule has 1 aromatic rings. The highest BCUT2D eigenvalue weighted by molar-refractivity contribution is 5.74. The lowest BCUT2D eigenvalue weighted by Gasteiger charge is -2.38. The average Bonchev–Trinajstić information content (AvgIpc) is 3.07. The standard InChI is InChI=1S/C47H78O3/c1-10-11-12-13-14-15-16-17-18-19-20-21-22-23-24-33-44(48)49-45-40(6)41(7)46-43(42(45)8)34-36-47(9,50-46)35-27-32-39(5)31-26-30-38(4)29-25-28-37(2)3/h11-12,14-17,37-39H,10,13,18-36H2,1-9H3/b12-11-,15-14-,17-16-. The molecule has 0 amide bonds. The Balaban J connectivity index is 1.70. The second-order valence-electron chi connectivity index (χ2n) is 16.5. The lowest BCUT2D eigenvalue weighted by Crippen LogP contribution is -2.37. The maximum absolute atomic E-state index is 12.9. The van der Waals surface area contributed by atoms with E-state index in [9.17, 15) is 4.79 Å². The van der Waals surface area contributed by atoms with Crippen LogP contribution in [0.25, 0.3) is 0 Å². The highest BCUT2D eigenvalue weighted by atomic mass is 16.5. The van der Waals surface area contributed by atoms with Gasteiger partial charge in [0.05, 0.1) is 0 Å². The molecule has 3 atom stereocenters. The van der Waals surface area contributed by atoms with Crippen molar-refractivity contribution in [2.75, 3.05) is 0 Å². The summed E-state index contributed by atoms with van der Waals surface area (Å²) in [6.45, 7) is 20.4. The van der Waals surface area contributed by atoms with Gasteiger partial charge in [-0.25, -0.2) is 0 Å². The van der Waals surface area contributed by atoms with Crippen LogP contribution in [0.15, 0.2) is 36.5 Å². The SMILES string of the molecule is CC/C=C\C/C=C\C=C/CCCCCCCCC(=O)Oc1c(C)c(C)c2c(c1C)CCC(C)(CCCC(C)CCCC(C)CCCC(C)C)O2. The molecule has 50 heavy (non-hydrogen) atoms. The second-order valence-corrected chi connectivity index (χ2v) is 16.5. The summed E-state index contributed by atoms with van der Waals surface area (Å²) in [6, 6.07) is 0. The maximum Gasteiger partial charge on any atom is 0.311 e. The zero-order chi connectivity index (χ0) is 36.8. The van der Waals surface area contributed by atoms with E-state index in [0.29, 0.717) is 6.42 Å². The van der Waals surface area contributed by atoms with Gasteiger partial charge in [0.25, 0.3) is 0 Å². The molecule has 0 saturated heterocycles. The summed E-state index contributed by atoms with van der Waals surface area (Å²) in [5.41, 5.74) is 4.37. The van der Waals surface area contributed by atoms with E-state index in [1.165, 1.54) is 82.6 Å². The van der Waals surface area contributed by atoms with Crippen molar-refractivity contribution in [2.45, 2.75) is 203 Å². The van der Waals surface area contributed by atoms with Crippen LogP contribution in [0.5, 0.6) is 11.5 Å². The van der Waals surface area contributed by atoms with Crippen molar-refractivity contribution in [1.29, 1.82) is 0 Å². The first kappa shape index (κ1) is 43.9. The Morgan fingerprint density at radius 1 is 0.740 bits per heavy atom. The third kappa shape index (κ3) is 17.3. The van der Waals surface area contributed by atoms with E-state index in [1.807, 2.05) is 0 Å². The molecule has 2 rings (SSSR count). The number of hydrogen-bond acceptors (Lipinski definition) is 3. The van der Waals surface area contributed by atoms with E-state index in [4.69, 9.17) is 9.47 Å². The van der Waals surface area contributed by atoms with Gasteiger partial charge < -0.3 is 9.47 Å². The minimum Gasteiger partial charge on any atom is -0.487 e. The van der Waals surface area contributed by atoms with Gasteiger partial charge in [-0.3, -0.25) is 4.79 Å². The zero-order valence-electron chi connectivity index (χ0n) is 34.3. The Kier molecular flexibility index (Phi) is 21.8. The van der Waals surface area contributed by atoms with Crippen molar-refractivity contribution < 1.29 is 14.3 Å². The van der Waals surface area contributed by atoms with Gasteiger partial charge in [-0.15, -0.1) is 0 Å². The minimum atomic E-state index is -0.126. The minimum absolute atomic E-state index is 0.102. The van der Waals surface area contributed by atoms with Crippen LogP contribution >= 0.6 is 0 Å². The molecular weight excluding hydrogens is 613 g/mol. The predicted molar refractivity (Wildman–Crippen MR) is 218 cm³/mol. The zero-order valence-corrected chi connectivity index (χ0v) is 34.3. The first-order valence-corrected chi connectivity index (χ1v) is 21.0. The Morgan fingerprint density at radius 2 is 1.36 bits per heavy atom. The highest BCUT2D eigenvalue weighted by Crippen LogP contribution is 2.45. The fourth-order valence-corrected chi connectivity index (χ4v) is 7.49. The fourth-order valence-electron chi connectivity index (χ4n) is 7.49. The molecule has 0 bridgehead atoms.